The summed E-state index contributed by atoms with van der Waals surface area (Å²) < 4.78 is 9.74. The summed E-state index contributed by atoms with van der Waals surface area (Å²) in [6.07, 6.45) is 0. The van der Waals surface area contributed by atoms with Gasteiger partial charge in [-0.3, -0.25) is 0 Å². The molecule has 3 heterocycles. The Morgan fingerprint density at radius 3 is 2.40 bits per heavy atom. The van der Waals surface area contributed by atoms with Crippen LogP contribution in [0.25, 0.3) is 42.5 Å². The maximum absolute atomic E-state index is 4.78. The first kappa shape index (κ1) is 10.6. The van der Waals surface area contributed by atoms with Crippen molar-refractivity contribution in [1.29, 1.82) is 0 Å². The summed E-state index contributed by atoms with van der Waals surface area (Å²) in [6, 6.07) is 12.2. The third-order valence-electron chi connectivity index (χ3n) is 3.36. The molecule has 0 bridgehead atoms. The number of benzene rings is 2. The average molecular weight is 294 g/mol. The zero-order chi connectivity index (χ0) is 13.1. The number of fused-ring (bicyclic) bond motifs is 5. The summed E-state index contributed by atoms with van der Waals surface area (Å²) in [4.78, 5) is 10.5. The first-order chi connectivity index (χ1) is 9.88. The van der Waals surface area contributed by atoms with Crippen molar-refractivity contribution in [3.8, 4) is 0 Å². The van der Waals surface area contributed by atoms with Crippen molar-refractivity contribution in [3.63, 3.8) is 0 Å². The van der Waals surface area contributed by atoms with Crippen LogP contribution in [0.3, 0.4) is 0 Å². The fraction of sp³-hybridized carbons (Fsp3) is 0. The Bertz CT molecular complexity index is 1110. The standard InChI is InChI=1S/C14H6N4S2/c1-2-4-12-7(3-1)13-14(19-12)16-9-6-11-10(17-20-18-11)5-8(9)15-13/h1-6H. The van der Waals surface area contributed by atoms with Gasteiger partial charge in [0.25, 0.3) is 0 Å². The van der Waals surface area contributed by atoms with E-state index in [2.05, 4.69) is 20.9 Å². The average Bonchev–Trinajstić information content (AvgIpc) is 3.05. The molecule has 0 N–H and O–H groups in total. The lowest BCUT2D eigenvalue weighted by molar-refractivity contribution is 1.44. The van der Waals surface area contributed by atoms with E-state index in [-0.39, 0.29) is 0 Å². The van der Waals surface area contributed by atoms with E-state index >= 15 is 0 Å². The van der Waals surface area contributed by atoms with Crippen LogP contribution in [-0.4, -0.2) is 18.7 Å². The van der Waals surface area contributed by atoms with Gasteiger partial charge >= 0.3 is 0 Å². The van der Waals surface area contributed by atoms with Crippen LogP contribution in [0.15, 0.2) is 36.4 Å². The van der Waals surface area contributed by atoms with Crippen LogP contribution in [0.5, 0.6) is 0 Å². The van der Waals surface area contributed by atoms with Crippen LogP contribution in [0.4, 0.5) is 0 Å². The van der Waals surface area contributed by atoms with Crippen LogP contribution in [0.2, 0.25) is 0 Å². The first-order valence-electron chi connectivity index (χ1n) is 6.10. The van der Waals surface area contributed by atoms with E-state index in [1.807, 2.05) is 24.3 Å². The molecule has 0 fully saturated rings. The highest BCUT2D eigenvalue weighted by Gasteiger charge is 2.10. The lowest BCUT2D eigenvalue weighted by atomic mass is 10.2. The van der Waals surface area contributed by atoms with Gasteiger partial charge in [-0.1, -0.05) is 18.2 Å². The summed E-state index contributed by atoms with van der Waals surface area (Å²) in [6.45, 7) is 0. The fourth-order valence-electron chi connectivity index (χ4n) is 2.42. The molecule has 3 aromatic heterocycles. The molecule has 0 aliphatic carbocycles. The second-order valence-corrected chi connectivity index (χ2v) is 6.13. The molecule has 5 rings (SSSR count). The fourth-order valence-corrected chi connectivity index (χ4v) is 3.96. The summed E-state index contributed by atoms with van der Waals surface area (Å²) in [5.74, 6) is 0. The van der Waals surface area contributed by atoms with Gasteiger partial charge in [0.1, 0.15) is 21.4 Å². The predicted octanol–water partition coefficient (Wildman–Crippen LogP) is 4.00. The summed E-state index contributed by atoms with van der Waals surface area (Å²) >= 11 is 2.90. The van der Waals surface area contributed by atoms with E-state index in [0.717, 1.165) is 32.4 Å². The van der Waals surface area contributed by atoms with Crippen LogP contribution in [0, 0.1) is 0 Å². The van der Waals surface area contributed by atoms with E-state index in [1.165, 1.54) is 21.8 Å². The second kappa shape index (κ2) is 3.68. The number of thiophene rings is 1. The summed E-state index contributed by atoms with van der Waals surface area (Å²) in [5.41, 5.74) is 4.50. The molecule has 0 aliphatic rings. The van der Waals surface area contributed by atoms with E-state index in [0.29, 0.717) is 0 Å². The van der Waals surface area contributed by atoms with Gasteiger partial charge in [0.15, 0.2) is 0 Å². The van der Waals surface area contributed by atoms with Crippen LogP contribution < -0.4 is 0 Å². The zero-order valence-electron chi connectivity index (χ0n) is 10.1. The molecule has 0 spiro atoms. The highest BCUT2D eigenvalue weighted by atomic mass is 32.1. The van der Waals surface area contributed by atoms with Crippen LogP contribution >= 0.6 is 23.1 Å². The Balaban J connectivity index is 2.02. The third kappa shape index (κ3) is 1.35. The second-order valence-electron chi connectivity index (χ2n) is 4.57. The van der Waals surface area contributed by atoms with E-state index < -0.39 is 0 Å². The van der Waals surface area contributed by atoms with Crippen molar-refractivity contribution in [2.45, 2.75) is 0 Å². The molecule has 20 heavy (non-hydrogen) atoms. The Morgan fingerprint density at radius 2 is 1.55 bits per heavy atom. The van der Waals surface area contributed by atoms with E-state index in [1.54, 1.807) is 11.3 Å². The monoisotopic (exact) mass is 294 g/mol. The highest BCUT2D eigenvalue weighted by molar-refractivity contribution is 7.25. The predicted molar refractivity (Wildman–Crippen MR) is 83.4 cm³/mol. The van der Waals surface area contributed by atoms with E-state index in [9.17, 15) is 0 Å². The van der Waals surface area contributed by atoms with Gasteiger partial charge in [0, 0.05) is 10.1 Å². The smallest absolute Gasteiger partial charge is 0.143 e. The molecule has 94 valence electrons. The van der Waals surface area contributed by atoms with Gasteiger partial charge in [-0.15, -0.1) is 11.3 Å². The maximum atomic E-state index is 4.78. The van der Waals surface area contributed by atoms with Gasteiger partial charge < -0.3 is 0 Å². The molecule has 0 unspecified atom stereocenters. The van der Waals surface area contributed by atoms with Crippen molar-refractivity contribution in [2.75, 3.05) is 0 Å². The number of nitrogens with zero attached hydrogens (tertiary/aromatic N) is 4. The molecule has 0 atom stereocenters. The molecular formula is C14H6N4S2. The molecule has 0 saturated heterocycles. The van der Waals surface area contributed by atoms with E-state index in [4.69, 9.17) is 9.97 Å². The minimum Gasteiger partial charge on any atom is -0.243 e. The molecule has 0 aliphatic heterocycles. The number of hydrogen-bond donors (Lipinski definition) is 0. The minimum absolute atomic E-state index is 0.876. The minimum atomic E-state index is 0.876. The molecule has 0 amide bonds. The van der Waals surface area contributed by atoms with Gasteiger partial charge in [0.2, 0.25) is 0 Å². The maximum Gasteiger partial charge on any atom is 0.143 e. The van der Waals surface area contributed by atoms with Crippen molar-refractivity contribution in [2.24, 2.45) is 0 Å². The number of hydrogen-bond acceptors (Lipinski definition) is 6. The van der Waals surface area contributed by atoms with Gasteiger partial charge in [-0.25, -0.2) is 9.97 Å². The van der Waals surface area contributed by atoms with Crippen molar-refractivity contribution >= 4 is 65.6 Å². The summed E-state index contributed by atoms with van der Waals surface area (Å²) in [7, 11) is 0. The Hall–Kier alpha value is -2.18. The number of rotatable bonds is 0. The lowest BCUT2D eigenvalue weighted by Crippen LogP contribution is -1.84. The summed E-state index contributed by atoms with van der Waals surface area (Å²) in [5, 5.41) is 1.17. The SMILES string of the molecule is c1ccc2c(c1)sc1nc3cc4nsnc4cc3nc12. The topological polar surface area (TPSA) is 51.6 Å². The third-order valence-corrected chi connectivity index (χ3v) is 4.97. The Kier molecular flexibility index (Phi) is 1.95. The van der Waals surface area contributed by atoms with Crippen LogP contribution in [0.1, 0.15) is 0 Å². The molecular weight excluding hydrogens is 288 g/mol. The van der Waals surface area contributed by atoms with Crippen molar-refractivity contribution in [3.05, 3.63) is 36.4 Å². The quantitative estimate of drug-likeness (QED) is 0.433. The normalized spacial score (nSPS) is 12.0. The van der Waals surface area contributed by atoms with Crippen LogP contribution in [-0.2, 0) is 0 Å². The zero-order valence-corrected chi connectivity index (χ0v) is 11.7. The van der Waals surface area contributed by atoms with Gasteiger partial charge in [-0.2, -0.15) is 8.75 Å². The molecule has 0 radical (unpaired) electrons. The Labute approximate surface area is 121 Å². The van der Waals surface area contributed by atoms with Crippen molar-refractivity contribution in [1.82, 2.24) is 18.7 Å². The van der Waals surface area contributed by atoms with Gasteiger partial charge in [-0.05, 0) is 18.2 Å². The lowest BCUT2D eigenvalue weighted by Gasteiger charge is -1.97. The first-order valence-corrected chi connectivity index (χ1v) is 7.64. The molecule has 6 heteroatoms. The highest BCUT2D eigenvalue weighted by Crippen LogP contribution is 2.32. The molecule has 2 aromatic carbocycles. The molecule has 4 nitrogen and oxygen atoms in total. The Morgan fingerprint density at radius 1 is 0.800 bits per heavy atom. The molecule has 5 aromatic rings. The largest absolute Gasteiger partial charge is 0.243 e. The number of aromatic nitrogens is 4. The van der Waals surface area contributed by atoms with Crippen molar-refractivity contribution < 1.29 is 0 Å². The van der Waals surface area contributed by atoms with Gasteiger partial charge in [0.05, 0.1) is 22.8 Å². The molecule has 0 saturated carbocycles.